The quantitative estimate of drug-likeness (QED) is 0.0485. The molecule has 0 fully saturated rings. The third kappa shape index (κ3) is 35.5. The minimum absolute atomic E-state index is 0.322. The highest BCUT2D eigenvalue weighted by atomic mass is 33.1. The normalized spacial score (nSPS) is 12.8. The zero-order valence-electron chi connectivity index (χ0n) is 32.1. The Morgan fingerprint density at radius 2 is 0.542 bits per heavy atom. The van der Waals surface area contributed by atoms with Crippen LogP contribution in [0.3, 0.4) is 0 Å². The predicted octanol–water partition coefficient (Wildman–Crippen LogP) is 15.1. The molecule has 286 valence electrons. The van der Waals surface area contributed by atoms with Gasteiger partial charge in [0.25, 0.3) is 0 Å². The topological polar surface area (TPSA) is 74.6 Å². The maximum absolute atomic E-state index is 11.8. The number of carboxylic acids is 2. The van der Waals surface area contributed by atoms with Crippen LogP contribution in [0.4, 0.5) is 0 Å². The molecule has 0 aromatic carbocycles. The van der Waals surface area contributed by atoms with Gasteiger partial charge in [0, 0.05) is 11.5 Å². The lowest BCUT2D eigenvalue weighted by molar-refractivity contribution is -0.142. The minimum atomic E-state index is -0.702. The molecular formula is C42H82O4S2. The van der Waals surface area contributed by atoms with Gasteiger partial charge in [0.2, 0.25) is 0 Å². The molecule has 0 heterocycles. The maximum Gasteiger partial charge on any atom is 0.307 e. The van der Waals surface area contributed by atoms with Crippen LogP contribution in [0, 0.1) is 11.8 Å². The fourth-order valence-corrected chi connectivity index (χ4v) is 9.40. The minimum Gasteiger partial charge on any atom is -0.481 e. The van der Waals surface area contributed by atoms with Crippen molar-refractivity contribution in [1.82, 2.24) is 0 Å². The molecule has 0 radical (unpaired) electrons. The summed E-state index contributed by atoms with van der Waals surface area (Å²) in [5.41, 5.74) is 0. The molecule has 0 aromatic heterocycles. The lowest BCUT2D eigenvalue weighted by atomic mass is 10.0. The molecule has 48 heavy (non-hydrogen) atoms. The van der Waals surface area contributed by atoms with E-state index in [0.717, 1.165) is 38.5 Å². The number of hydrogen-bond acceptors (Lipinski definition) is 4. The van der Waals surface area contributed by atoms with Gasteiger partial charge in [-0.25, -0.2) is 0 Å². The fraction of sp³-hybridized carbons (Fsp3) is 0.952. The summed E-state index contributed by atoms with van der Waals surface area (Å²) >= 11 is 0. The van der Waals surface area contributed by atoms with E-state index in [1.165, 1.54) is 180 Å². The van der Waals surface area contributed by atoms with Crippen LogP contribution in [0.15, 0.2) is 0 Å². The number of unbranched alkanes of at least 4 members (excludes halogenated alkanes) is 30. The van der Waals surface area contributed by atoms with Crippen LogP contribution in [0.25, 0.3) is 0 Å². The number of aliphatic carboxylic acids is 2. The Morgan fingerprint density at radius 3 is 0.729 bits per heavy atom. The van der Waals surface area contributed by atoms with Gasteiger partial charge in [-0.2, -0.15) is 0 Å². The van der Waals surface area contributed by atoms with Crippen molar-refractivity contribution in [3.05, 3.63) is 0 Å². The number of rotatable bonds is 41. The van der Waals surface area contributed by atoms with E-state index in [1.54, 1.807) is 21.6 Å². The lowest BCUT2D eigenvalue weighted by Crippen LogP contribution is -2.17. The van der Waals surface area contributed by atoms with E-state index >= 15 is 0 Å². The Kier molecular flexibility index (Phi) is 39.1. The first-order valence-corrected chi connectivity index (χ1v) is 23.7. The highest BCUT2D eigenvalue weighted by Gasteiger charge is 2.20. The van der Waals surface area contributed by atoms with E-state index < -0.39 is 11.9 Å². The van der Waals surface area contributed by atoms with Crippen molar-refractivity contribution < 1.29 is 19.8 Å². The summed E-state index contributed by atoms with van der Waals surface area (Å²) in [4.78, 5) is 23.6. The summed E-state index contributed by atoms with van der Waals surface area (Å²) < 4.78 is 0. The Hall–Kier alpha value is -0.360. The molecule has 2 atom stereocenters. The van der Waals surface area contributed by atoms with Gasteiger partial charge in [0.1, 0.15) is 0 Å². The van der Waals surface area contributed by atoms with Gasteiger partial charge >= 0.3 is 11.9 Å². The van der Waals surface area contributed by atoms with E-state index in [-0.39, 0.29) is 11.8 Å². The highest BCUT2D eigenvalue weighted by Crippen LogP contribution is 2.30. The molecule has 0 bridgehead atoms. The van der Waals surface area contributed by atoms with E-state index in [4.69, 9.17) is 0 Å². The maximum atomic E-state index is 11.8. The number of carboxylic acid groups (broad SMARTS) is 2. The van der Waals surface area contributed by atoms with Crippen LogP contribution >= 0.6 is 21.6 Å². The van der Waals surface area contributed by atoms with Crippen LogP contribution < -0.4 is 0 Å². The number of carbonyl (C=O) groups is 2. The van der Waals surface area contributed by atoms with Crippen molar-refractivity contribution in [2.75, 3.05) is 11.5 Å². The molecule has 2 unspecified atom stereocenters. The van der Waals surface area contributed by atoms with Crippen LogP contribution in [0.2, 0.25) is 0 Å². The van der Waals surface area contributed by atoms with Crippen LogP contribution in [-0.2, 0) is 9.59 Å². The highest BCUT2D eigenvalue weighted by molar-refractivity contribution is 8.76. The first-order chi connectivity index (χ1) is 23.5. The van der Waals surface area contributed by atoms with Crippen LogP contribution in [-0.4, -0.2) is 33.7 Å². The largest absolute Gasteiger partial charge is 0.481 e. The monoisotopic (exact) mass is 715 g/mol. The van der Waals surface area contributed by atoms with Gasteiger partial charge in [-0.05, 0) is 12.8 Å². The molecule has 0 aromatic rings. The Balaban J connectivity index is 3.67. The zero-order chi connectivity index (χ0) is 35.2. The standard InChI is InChI=1S/C42H82O4S2/c1-3-5-7-9-11-13-15-17-19-21-23-25-27-29-31-33-35-39(41(43)44)37-47-48-38-40(42(45)46)36-34-32-30-28-26-24-22-20-18-16-14-12-10-8-6-4-2/h39-40H,3-38H2,1-2H3,(H,43,44)(H,45,46). The SMILES string of the molecule is CCCCCCCCCCCCCCCCCCC(CSSCC(CCCCCCCCCCCCCCCCCC)C(=O)O)C(=O)O. The number of hydrogen-bond donors (Lipinski definition) is 2. The van der Waals surface area contributed by atoms with E-state index in [2.05, 4.69) is 13.8 Å². The van der Waals surface area contributed by atoms with E-state index in [1.807, 2.05) is 0 Å². The Morgan fingerprint density at radius 1 is 0.354 bits per heavy atom. The van der Waals surface area contributed by atoms with Crippen molar-refractivity contribution in [2.45, 2.75) is 232 Å². The van der Waals surface area contributed by atoms with Crippen molar-refractivity contribution in [3.63, 3.8) is 0 Å². The summed E-state index contributed by atoms with van der Waals surface area (Å²) in [6.45, 7) is 4.55. The molecule has 2 N–H and O–H groups in total. The van der Waals surface area contributed by atoms with Crippen LogP contribution in [0.1, 0.15) is 232 Å². The third-order valence-corrected chi connectivity index (χ3v) is 12.7. The average molecular weight is 715 g/mol. The smallest absolute Gasteiger partial charge is 0.307 e. The summed E-state index contributed by atoms with van der Waals surface area (Å²) in [7, 11) is 3.12. The van der Waals surface area contributed by atoms with Gasteiger partial charge in [-0.3, -0.25) is 9.59 Å². The molecule has 0 saturated heterocycles. The predicted molar refractivity (Wildman–Crippen MR) is 215 cm³/mol. The molecule has 4 nitrogen and oxygen atoms in total. The zero-order valence-corrected chi connectivity index (χ0v) is 33.8. The molecule has 0 aliphatic carbocycles. The van der Waals surface area contributed by atoms with Gasteiger partial charge in [-0.1, -0.05) is 241 Å². The van der Waals surface area contributed by atoms with E-state index in [9.17, 15) is 19.8 Å². The summed E-state index contributed by atoms with van der Waals surface area (Å²) in [5, 5.41) is 19.4. The third-order valence-electron chi connectivity index (χ3n) is 10.1. The van der Waals surface area contributed by atoms with Gasteiger partial charge in [-0.15, -0.1) is 0 Å². The molecule has 0 rings (SSSR count). The second kappa shape index (κ2) is 39.4. The van der Waals surface area contributed by atoms with Crippen LogP contribution in [0.5, 0.6) is 0 Å². The summed E-state index contributed by atoms with van der Waals surface area (Å²) in [6, 6.07) is 0. The van der Waals surface area contributed by atoms with Crippen molar-refractivity contribution in [2.24, 2.45) is 11.8 Å². The Bertz CT molecular complexity index is 618. The second-order valence-corrected chi connectivity index (χ2v) is 17.4. The van der Waals surface area contributed by atoms with Gasteiger partial charge < -0.3 is 10.2 Å². The second-order valence-electron chi connectivity index (χ2n) is 14.8. The molecular weight excluding hydrogens is 633 g/mol. The molecule has 0 spiro atoms. The van der Waals surface area contributed by atoms with Crippen molar-refractivity contribution in [3.8, 4) is 0 Å². The van der Waals surface area contributed by atoms with Crippen molar-refractivity contribution >= 4 is 33.5 Å². The lowest BCUT2D eigenvalue weighted by Gasteiger charge is -2.14. The Labute approximate surface area is 307 Å². The van der Waals surface area contributed by atoms with Crippen molar-refractivity contribution in [1.29, 1.82) is 0 Å². The van der Waals surface area contributed by atoms with Gasteiger partial charge in [0.05, 0.1) is 11.8 Å². The first kappa shape index (κ1) is 47.6. The molecule has 0 amide bonds. The molecule has 0 aliphatic heterocycles. The van der Waals surface area contributed by atoms with Gasteiger partial charge in [0.15, 0.2) is 0 Å². The molecule has 6 heteroatoms. The summed E-state index contributed by atoms with van der Waals surface area (Å²) in [5.74, 6) is -0.900. The fourth-order valence-electron chi connectivity index (χ4n) is 6.69. The average Bonchev–Trinajstić information content (AvgIpc) is 3.07. The van der Waals surface area contributed by atoms with E-state index in [0.29, 0.717) is 11.5 Å². The molecule has 0 saturated carbocycles. The molecule has 0 aliphatic rings. The first-order valence-electron chi connectivity index (χ1n) is 21.2. The summed E-state index contributed by atoms with van der Waals surface area (Å²) in [6.07, 6.45) is 43.9.